The Morgan fingerprint density at radius 1 is 1.35 bits per heavy atom. The van der Waals surface area contributed by atoms with Crippen molar-refractivity contribution in [1.29, 1.82) is 0 Å². The number of likely N-dealkylation sites (tertiary alicyclic amines) is 1. The summed E-state index contributed by atoms with van der Waals surface area (Å²) in [5.74, 6) is 0.982. The second-order valence-corrected chi connectivity index (χ2v) is 5.82. The lowest BCUT2D eigenvalue weighted by molar-refractivity contribution is 0.0687. The first-order valence-electron chi connectivity index (χ1n) is 7.73. The summed E-state index contributed by atoms with van der Waals surface area (Å²) in [5, 5.41) is 3.14. The molecule has 1 heterocycles. The number of anilines is 1. The van der Waals surface area contributed by atoms with Crippen LogP contribution in [0, 0.1) is 12.8 Å². The Hall–Kier alpha value is -1.51. The maximum Gasteiger partial charge on any atom is 0.255 e. The van der Waals surface area contributed by atoms with Crippen molar-refractivity contribution in [2.24, 2.45) is 5.92 Å². The Balaban J connectivity index is 2.05. The minimum Gasteiger partial charge on any atom is -0.387 e. The molecule has 1 aromatic rings. The first-order valence-corrected chi connectivity index (χ1v) is 7.73. The number of hydrogen-bond donors (Lipinski definition) is 1. The van der Waals surface area contributed by atoms with Crippen molar-refractivity contribution in [3.63, 3.8) is 0 Å². The van der Waals surface area contributed by atoms with Gasteiger partial charge in [-0.2, -0.15) is 0 Å². The zero-order chi connectivity index (χ0) is 14.5. The van der Waals surface area contributed by atoms with E-state index < -0.39 is 0 Å². The second kappa shape index (κ2) is 6.78. The zero-order valence-corrected chi connectivity index (χ0v) is 12.9. The van der Waals surface area contributed by atoms with Crippen molar-refractivity contribution in [1.82, 2.24) is 4.90 Å². The number of benzene rings is 1. The summed E-state index contributed by atoms with van der Waals surface area (Å²) >= 11 is 0. The Morgan fingerprint density at radius 3 is 2.65 bits per heavy atom. The van der Waals surface area contributed by atoms with Crippen LogP contribution in [0.4, 0.5) is 5.69 Å². The molecule has 0 aromatic heterocycles. The lowest BCUT2D eigenvalue weighted by Crippen LogP contribution is -2.38. The highest BCUT2D eigenvalue weighted by Gasteiger charge is 2.24. The molecule has 20 heavy (non-hydrogen) atoms. The minimum atomic E-state index is 0.171. The molecule has 1 fully saturated rings. The largest absolute Gasteiger partial charge is 0.387 e. The number of hydrogen-bond acceptors (Lipinski definition) is 2. The Kier molecular flexibility index (Phi) is 5.05. The molecule has 1 saturated heterocycles. The standard InChI is InChI=1S/C17H26N2O/c1-4-5-14-8-10-19(11-9-14)17(20)15-7-6-13(2)12-16(15)18-3/h6-7,12,14,18H,4-5,8-11H2,1-3H3. The highest BCUT2D eigenvalue weighted by Crippen LogP contribution is 2.25. The maximum atomic E-state index is 12.6. The van der Waals surface area contributed by atoms with E-state index in [0.29, 0.717) is 0 Å². The minimum absolute atomic E-state index is 0.171. The molecule has 0 saturated carbocycles. The number of carbonyl (C=O) groups is 1. The predicted octanol–water partition coefficient (Wildman–Crippen LogP) is 3.69. The van der Waals surface area contributed by atoms with Crippen LogP contribution in [0.1, 0.15) is 48.5 Å². The van der Waals surface area contributed by atoms with Gasteiger partial charge in [0.1, 0.15) is 0 Å². The van der Waals surface area contributed by atoms with E-state index in [9.17, 15) is 4.79 Å². The van der Waals surface area contributed by atoms with Crippen LogP contribution in [0.15, 0.2) is 18.2 Å². The molecule has 0 unspecified atom stereocenters. The summed E-state index contributed by atoms with van der Waals surface area (Å²) in [6.07, 6.45) is 4.86. The average Bonchev–Trinajstić information content (AvgIpc) is 2.47. The summed E-state index contributed by atoms with van der Waals surface area (Å²) in [7, 11) is 1.87. The Bertz CT molecular complexity index is 462. The van der Waals surface area contributed by atoms with E-state index in [1.54, 1.807) is 0 Å². The molecular formula is C17H26N2O. The molecule has 1 N–H and O–H groups in total. The van der Waals surface area contributed by atoms with Crippen LogP contribution in [0.25, 0.3) is 0 Å². The number of carbonyl (C=O) groups excluding carboxylic acids is 1. The molecule has 0 radical (unpaired) electrons. The smallest absolute Gasteiger partial charge is 0.255 e. The third-order valence-corrected chi connectivity index (χ3v) is 4.27. The van der Waals surface area contributed by atoms with E-state index >= 15 is 0 Å². The first kappa shape index (κ1) is 14.9. The fourth-order valence-corrected chi connectivity index (χ4v) is 3.05. The number of rotatable bonds is 4. The fraction of sp³-hybridized carbons (Fsp3) is 0.588. The molecule has 110 valence electrons. The van der Waals surface area contributed by atoms with Crippen molar-refractivity contribution in [2.75, 3.05) is 25.5 Å². The summed E-state index contributed by atoms with van der Waals surface area (Å²) in [6.45, 7) is 6.09. The third kappa shape index (κ3) is 3.33. The Morgan fingerprint density at radius 2 is 2.05 bits per heavy atom. The van der Waals surface area contributed by atoms with Gasteiger partial charge in [-0.1, -0.05) is 25.8 Å². The highest BCUT2D eigenvalue weighted by atomic mass is 16.2. The normalized spacial score (nSPS) is 16.2. The lowest BCUT2D eigenvalue weighted by atomic mass is 9.92. The number of amides is 1. The molecule has 1 amide bonds. The monoisotopic (exact) mass is 274 g/mol. The van der Waals surface area contributed by atoms with Gasteiger partial charge in [0.15, 0.2) is 0 Å². The molecule has 0 atom stereocenters. The lowest BCUT2D eigenvalue weighted by Gasteiger charge is -2.32. The van der Waals surface area contributed by atoms with Crippen LogP contribution in [0.3, 0.4) is 0 Å². The van der Waals surface area contributed by atoms with Gasteiger partial charge < -0.3 is 10.2 Å². The fourth-order valence-electron chi connectivity index (χ4n) is 3.05. The van der Waals surface area contributed by atoms with E-state index in [2.05, 4.69) is 12.2 Å². The molecule has 1 aliphatic rings. The van der Waals surface area contributed by atoms with Gasteiger partial charge in [0, 0.05) is 25.8 Å². The van der Waals surface area contributed by atoms with Crippen LogP contribution in [-0.4, -0.2) is 30.9 Å². The van der Waals surface area contributed by atoms with Crippen molar-refractivity contribution in [3.05, 3.63) is 29.3 Å². The zero-order valence-electron chi connectivity index (χ0n) is 12.9. The Labute approximate surface area is 122 Å². The average molecular weight is 274 g/mol. The van der Waals surface area contributed by atoms with Gasteiger partial charge in [0.2, 0.25) is 0 Å². The van der Waals surface area contributed by atoms with Crippen molar-refractivity contribution >= 4 is 11.6 Å². The summed E-state index contributed by atoms with van der Waals surface area (Å²) in [6, 6.07) is 6.00. The van der Waals surface area contributed by atoms with Crippen LogP contribution in [-0.2, 0) is 0 Å². The molecule has 3 nitrogen and oxygen atoms in total. The molecule has 0 bridgehead atoms. The summed E-state index contributed by atoms with van der Waals surface area (Å²) < 4.78 is 0. The van der Waals surface area contributed by atoms with Gasteiger partial charge in [-0.25, -0.2) is 0 Å². The third-order valence-electron chi connectivity index (χ3n) is 4.27. The van der Waals surface area contributed by atoms with Gasteiger partial charge in [0.25, 0.3) is 5.91 Å². The summed E-state index contributed by atoms with van der Waals surface area (Å²) in [5.41, 5.74) is 2.91. The highest BCUT2D eigenvalue weighted by molar-refractivity contribution is 5.99. The molecular weight excluding hydrogens is 248 g/mol. The molecule has 2 rings (SSSR count). The molecule has 0 spiro atoms. The van der Waals surface area contributed by atoms with Gasteiger partial charge >= 0.3 is 0 Å². The van der Waals surface area contributed by atoms with Gasteiger partial charge in [-0.3, -0.25) is 4.79 Å². The van der Waals surface area contributed by atoms with Crippen LogP contribution >= 0.6 is 0 Å². The SMILES string of the molecule is CCCC1CCN(C(=O)c2ccc(C)cc2NC)CC1. The van der Waals surface area contributed by atoms with E-state index in [-0.39, 0.29) is 5.91 Å². The van der Waals surface area contributed by atoms with Crippen LogP contribution in [0.2, 0.25) is 0 Å². The topological polar surface area (TPSA) is 32.3 Å². The van der Waals surface area contributed by atoms with E-state index in [4.69, 9.17) is 0 Å². The second-order valence-electron chi connectivity index (χ2n) is 5.82. The number of nitrogens with zero attached hydrogens (tertiary/aromatic N) is 1. The van der Waals surface area contributed by atoms with Gasteiger partial charge in [-0.05, 0) is 43.4 Å². The van der Waals surface area contributed by atoms with E-state index in [0.717, 1.165) is 43.1 Å². The number of piperidine rings is 1. The maximum absolute atomic E-state index is 12.6. The van der Waals surface area contributed by atoms with Crippen molar-refractivity contribution in [3.8, 4) is 0 Å². The van der Waals surface area contributed by atoms with Crippen molar-refractivity contribution in [2.45, 2.75) is 39.5 Å². The molecule has 1 aliphatic heterocycles. The first-order chi connectivity index (χ1) is 9.65. The number of aryl methyl sites for hydroxylation is 1. The molecule has 1 aromatic carbocycles. The van der Waals surface area contributed by atoms with Crippen molar-refractivity contribution < 1.29 is 4.79 Å². The number of nitrogens with one attached hydrogen (secondary N) is 1. The molecule has 0 aliphatic carbocycles. The van der Waals surface area contributed by atoms with E-state index in [1.807, 2.05) is 37.1 Å². The quantitative estimate of drug-likeness (QED) is 0.908. The van der Waals surface area contributed by atoms with Gasteiger partial charge in [-0.15, -0.1) is 0 Å². The predicted molar refractivity (Wildman–Crippen MR) is 84.3 cm³/mol. The summed E-state index contributed by atoms with van der Waals surface area (Å²) in [4.78, 5) is 14.7. The van der Waals surface area contributed by atoms with E-state index in [1.165, 1.54) is 18.4 Å². The van der Waals surface area contributed by atoms with Gasteiger partial charge in [0.05, 0.1) is 5.56 Å². The van der Waals surface area contributed by atoms with Crippen LogP contribution < -0.4 is 5.32 Å². The molecule has 3 heteroatoms. The van der Waals surface area contributed by atoms with Crippen LogP contribution in [0.5, 0.6) is 0 Å².